The van der Waals surface area contributed by atoms with Crippen molar-refractivity contribution in [2.75, 3.05) is 12.0 Å². The third kappa shape index (κ3) is 6.97. The second-order valence-electron chi connectivity index (χ2n) is 7.40. The summed E-state index contributed by atoms with van der Waals surface area (Å²) >= 11 is 19.1. The second-order valence-corrected chi connectivity index (χ2v) is 8.53. The lowest BCUT2D eigenvalue weighted by molar-refractivity contribution is -0.114. The van der Waals surface area contributed by atoms with Gasteiger partial charge in [-0.1, -0.05) is 66.0 Å². The Bertz CT molecular complexity index is 1320. The molecule has 0 spiro atoms. The molecule has 11 nitrogen and oxygen atoms in total. The van der Waals surface area contributed by atoms with Crippen LogP contribution in [0.3, 0.4) is 0 Å². The molecule has 0 aliphatic rings. The summed E-state index contributed by atoms with van der Waals surface area (Å²) in [5.74, 6) is -1.74. The number of hydrazone groups is 1. The highest BCUT2D eigenvalue weighted by molar-refractivity contribution is 6.56. The number of alkyl carbamates (subject to hydrolysis) is 1. The molecule has 16 heteroatoms. The lowest BCUT2D eigenvalue weighted by atomic mass is 9.84. The molecule has 0 aliphatic carbocycles. The van der Waals surface area contributed by atoms with Crippen molar-refractivity contribution in [3.63, 3.8) is 0 Å². The predicted molar refractivity (Wildman–Crippen MR) is 142 cm³/mol. The van der Waals surface area contributed by atoms with Gasteiger partial charge < -0.3 is 9.47 Å². The number of aromatic nitrogens is 2. The van der Waals surface area contributed by atoms with E-state index >= 15 is 0 Å². The first-order valence-electron chi connectivity index (χ1n) is 10.7. The minimum atomic E-state index is -1.14. The van der Waals surface area contributed by atoms with E-state index in [1.165, 1.54) is 13.0 Å². The Balaban J connectivity index is 2.44. The van der Waals surface area contributed by atoms with Crippen molar-refractivity contribution >= 4 is 84.8 Å². The summed E-state index contributed by atoms with van der Waals surface area (Å²) < 4.78 is 10.3. The summed E-state index contributed by atoms with van der Waals surface area (Å²) in [6, 6.07) is 1.51. The molecule has 1 unspecified atom stereocenters. The summed E-state index contributed by atoms with van der Waals surface area (Å²) in [7, 11) is 12.1. The van der Waals surface area contributed by atoms with Crippen molar-refractivity contribution < 1.29 is 19.1 Å². The number of halogens is 3. The van der Waals surface area contributed by atoms with Crippen LogP contribution in [0.5, 0.6) is 11.6 Å². The van der Waals surface area contributed by atoms with Gasteiger partial charge >= 0.3 is 6.09 Å². The summed E-state index contributed by atoms with van der Waals surface area (Å²) in [6.07, 6.45) is 0.440. The first-order valence-corrected chi connectivity index (χ1v) is 11.8. The zero-order valence-corrected chi connectivity index (χ0v) is 22.1. The summed E-state index contributed by atoms with van der Waals surface area (Å²) in [5.41, 5.74) is 0.806. The van der Waals surface area contributed by atoms with Gasteiger partial charge in [0, 0.05) is 11.3 Å². The molecule has 37 heavy (non-hydrogen) atoms. The van der Waals surface area contributed by atoms with Crippen LogP contribution in [0.15, 0.2) is 9.90 Å². The van der Waals surface area contributed by atoms with Crippen molar-refractivity contribution in [1.82, 2.24) is 15.5 Å². The minimum Gasteiger partial charge on any atom is -0.450 e. The van der Waals surface area contributed by atoms with Crippen LogP contribution in [0, 0.1) is 11.3 Å². The van der Waals surface area contributed by atoms with E-state index in [0.29, 0.717) is 6.42 Å². The van der Waals surface area contributed by atoms with E-state index in [9.17, 15) is 19.6 Å². The fraction of sp³-hybridized carbons (Fsp3) is 0.333. The zero-order valence-electron chi connectivity index (χ0n) is 19.9. The molecule has 1 atom stereocenters. The van der Waals surface area contributed by atoms with Crippen LogP contribution in [0.25, 0.3) is 0 Å². The number of amides is 2. The number of carbonyl (C=O) groups is 2. The van der Waals surface area contributed by atoms with E-state index in [-0.39, 0.29) is 61.4 Å². The van der Waals surface area contributed by atoms with Crippen LogP contribution >= 0.6 is 34.8 Å². The molecule has 3 N–H and O–H groups in total. The maximum absolute atomic E-state index is 12.3. The number of rotatable bonds is 9. The summed E-state index contributed by atoms with van der Waals surface area (Å²) in [5, 5.41) is 20.3. The largest absolute Gasteiger partial charge is 0.450 e. The summed E-state index contributed by atoms with van der Waals surface area (Å²) in [4.78, 5) is 35.7. The number of nitriles is 1. The second kappa shape index (κ2) is 13.4. The number of carbonyl (C=O) groups excluding carboxylic acids is 2. The molecule has 0 saturated heterocycles. The van der Waals surface area contributed by atoms with E-state index in [1.807, 2.05) is 19.2 Å². The number of benzene rings is 1. The molecule has 0 saturated carbocycles. The molecule has 0 aliphatic heterocycles. The molecular formula is C21H19B2Cl3N6O5. The van der Waals surface area contributed by atoms with E-state index < -0.39 is 23.3 Å². The number of hydrogen-bond acceptors (Lipinski definition) is 9. The Morgan fingerprint density at radius 3 is 2.35 bits per heavy atom. The number of H-pyrrole nitrogens is 1. The number of hydrogen-bond donors (Lipinski definition) is 3. The van der Waals surface area contributed by atoms with Crippen molar-refractivity contribution in [3.8, 4) is 17.7 Å². The van der Waals surface area contributed by atoms with Crippen LogP contribution < -0.4 is 32.0 Å². The fourth-order valence-corrected chi connectivity index (χ4v) is 3.94. The molecule has 0 fully saturated rings. The highest BCUT2D eigenvalue weighted by Gasteiger charge is 2.24. The molecule has 1 aromatic carbocycles. The Kier molecular flexibility index (Phi) is 10.9. The first-order chi connectivity index (χ1) is 17.5. The fourth-order valence-electron chi connectivity index (χ4n) is 3.08. The molecular weight excluding hydrogens is 544 g/mol. The molecule has 4 radical (unpaired) electrons. The minimum absolute atomic E-state index is 0.00769. The van der Waals surface area contributed by atoms with Gasteiger partial charge in [0.15, 0.2) is 5.75 Å². The Morgan fingerprint density at radius 1 is 1.19 bits per heavy atom. The van der Waals surface area contributed by atoms with Crippen LogP contribution in [-0.2, 0) is 9.53 Å². The van der Waals surface area contributed by atoms with Gasteiger partial charge in [-0.3, -0.25) is 20.3 Å². The standard InChI is InChI=1S/C21H19B2Cl3N6O5/c1-4-6-8(3)10-13(24)20(32-31-19(10)34)37-17-14(25)11(22)16(12(23)15(17)26)30-29-9(7-27)18(33)28-21(35)36-5-2/h8,30H,4-6H2,1-3H3,(H,31,34)(H,28,33,35)/b29-9+. The highest BCUT2D eigenvalue weighted by atomic mass is 35.5. The summed E-state index contributed by atoms with van der Waals surface area (Å²) in [6.45, 7) is 5.34. The Hall–Kier alpha value is -3.20. The van der Waals surface area contributed by atoms with Gasteiger partial charge in [-0.2, -0.15) is 10.4 Å². The van der Waals surface area contributed by atoms with Gasteiger partial charge in [0.25, 0.3) is 17.3 Å². The van der Waals surface area contributed by atoms with Gasteiger partial charge in [0.1, 0.15) is 26.8 Å². The maximum atomic E-state index is 12.3. The quantitative estimate of drug-likeness (QED) is 0.239. The number of nitrogens with one attached hydrogen (secondary N) is 3. The van der Waals surface area contributed by atoms with E-state index in [2.05, 4.69) is 25.5 Å². The number of ether oxygens (including phenoxy) is 2. The molecule has 2 aromatic rings. The first kappa shape index (κ1) is 30.0. The molecule has 1 aromatic heterocycles. The molecule has 2 rings (SSSR count). The van der Waals surface area contributed by atoms with E-state index in [4.69, 9.17) is 55.2 Å². The predicted octanol–water partition coefficient (Wildman–Crippen LogP) is 2.58. The topological polar surface area (TPSA) is 159 Å². The lowest BCUT2D eigenvalue weighted by Crippen LogP contribution is -2.36. The maximum Gasteiger partial charge on any atom is 0.414 e. The highest BCUT2D eigenvalue weighted by Crippen LogP contribution is 2.38. The van der Waals surface area contributed by atoms with Crippen LogP contribution in [0.4, 0.5) is 10.5 Å². The van der Waals surface area contributed by atoms with Gasteiger partial charge in [0.05, 0.1) is 16.7 Å². The molecule has 2 amide bonds. The molecule has 1 heterocycles. The van der Waals surface area contributed by atoms with Crippen molar-refractivity contribution in [3.05, 3.63) is 31.0 Å². The number of anilines is 1. The van der Waals surface area contributed by atoms with Crippen LogP contribution in [0.2, 0.25) is 15.1 Å². The SMILES string of the molecule is [B]c1c(Cl)c(Oc2n[nH]c(=O)c(C(C)CCC)c2Cl)c(Cl)c([B])c1N/N=C(\C#N)C(=O)NC(=O)OCC. The normalized spacial score (nSPS) is 11.9. The average Bonchev–Trinajstić information content (AvgIpc) is 2.84. The number of aromatic amines is 1. The van der Waals surface area contributed by atoms with Gasteiger partial charge in [-0.05, 0) is 19.3 Å². The van der Waals surface area contributed by atoms with Crippen LogP contribution in [-0.4, -0.2) is 50.2 Å². The van der Waals surface area contributed by atoms with Crippen LogP contribution in [0.1, 0.15) is 45.1 Å². The lowest BCUT2D eigenvalue weighted by Gasteiger charge is -2.19. The monoisotopic (exact) mass is 562 g/mol. The van der Waals surface area contributed by atoms with Crippen molar-refractivity contribution in [2.45, 2.75) is 39.5 Å². The van der Waals surface area contributed by atoms with E-state index in [0.717, 1.165) is 6.42 Å². The van der Waals surface area contributed by atoms with Gasteiger partial charge in [-0.15, -0.1) is 5.10 Å². The Morgan fingerprint density at radius 2 is 1.81 bits per heavy atom. The van der Waals surface area contributed by atoms with Gasteiger partial charge in [-0.25, -0.2) is 9.89 Å². The smallest absolute Gasteiger partial charge is 0.414 e. The number of nitrogens with zero attached hydrogens (tertiary/aromatic N) is 3. The molecule has 190 valence electrons. The average molecular weight is 563 g/mol. The Labute approximate surface area is 229 Å². The van der Waals surface area contributed by atoms with Gasteiger partial charge in [0.2, 0.25) is 5.71 Å². The van der Waals surface area contributed by atoms with Crippen molar-refractivity contribution in [2.24, 2.45) is 5.10 Å². The third-order valence-electron chi connectivity index (χ3n) is 4.84. The molecule has 0 bridgehead atoms. The third-order valence-corrected chi connectivity index (χ3v) is 5.96. The number of imide groups is 1. The van der Waals surface area contributed by atoms with E-state index in [1.54, 1.807) is 0 Å². The zero-order chi connectivity index (χ0) is 27.9. The van der Waals surface area contributed by atoms with Crippen molar-refractivity contribution in [1.29, 1.82) is 5.26 Å².